The van der Waals surface area contributed by atoms with Crippen molar-refractivity contribution in [3.05, 3.63) is 12.3 Å². The molecule has 0 amide bonds. The van der Waals surface area contributed by atoms with E-state index in [4.69, 9.17) is 0 Å². The second-order valence-corrected chi connectivity index (χ2v) is 1.78. The van der Waals surface area contributed by atoms with Gasteiger partial charge in [-0.25, -0.2) is 0 Å². The van der Waals surface area contributed by atoms with E-state index in [0.29, 0.717) is 0 Å². The van der Waals surface area contributed by atoms with Gasteiger partial charge in [-0.05, 0) is 6.92 Å². The van der Waals surface area contributed by atoms with Crippen LogP contribution in [0, 0.1) is 0 Å². The Bertz CT molecular complexity index is 162. The molecule has 1 rings (SSSR count). The summed E-state index contributed by atoms with van der Waals surface area (Å²) in [4.78, 5) is 0. The highest BCUT2D eigenvalue weighted by molar-refractivity contribution is 5.32. The van der Waals surface area contributed by atoms with Crippen LogP contribution in [0.5, 0.6) is 0 Å². The van der Waals surface area contributed by atoms with Gasteiger partial charge in [0.15, 0.2) is 0 Å². The van der Waals surface area contributed by atoms with Crippen molar-refractivity contribution in [1.29, 1.82) is 0 Å². The second-order valence-electron chi connectivity index (χ2n) is 1.78. The third kappa shape index (κ3) is 1.04. The molecule has 0 spiro atoms. The van der Waals surface area contributed by atoms with Gasteiger partial charge in [0.05, 0.1) is 6.20 Å². The fourth-order valence-electron chi connectivity index (χ4n) is 0.797. The van der Waals surface area contributed by atoms with Crippen molar-refractivity contribution in [2.24, 2.45) is 0 Å². The lowest BCUT2D eigenvalue weighted by Crippen LogP contribution is -2.01. The third-order valence-corrected chi connectivity index (χ3v) is 1.27. The predicted molar refractivity (Wildman–Crippen MR) is 37.4 cm³/mol. The molecule has 50 valence electrons. The van der Waals surface area contributed by atoms with Crippen molar-refractivity contribution in [2.45, 2.75) is 13.5 Å². The largest absolute Gasteiger partial charge is 0.373 e. The zero-order chi connectivity index (χ0) is 6.69. The molecule has 0 aliphatic heterocycles. The van der Waals surface area contributed by atoms with Gasteiger partial charge >= 0.3 is 0 Å². The van der Waals surface area contributed by atoms with Crippen molar-refractivity contribution < 1.29 is 0 Å². The number of nitrogens with one attached hydrogen (secondary N) is 1. The van der Waals surface area contributed by atoms with Crippen LogP contribution in [0.25, 0.3) is 0 Å². The Labute approximate surface area is 54.7 Å². The summed E-state index contributed by atoms with van der Waals surface area (Å²) in [6, 6.07) is 1.95. The number of anilines is 1. The first-order valence-corrected chi connectivity index (χ1v) is 3.08. The minimum Gasteiger partial charge on any atom is -0.373 e. The lowest BCUT2D eigenvalue weighted by atomic mass is 10.6. The van der Waals surface area contributed by atoms with Gasteiger partial charge < -0.3 is 5.32 Å². The summed E-state index contributed by atoms with van der Waals surface area (Å²) in [6.07, 6.45) is 1.79. The smallest absolute Gasteiger partial charge is 0.123 e. The van der Waals surface area contributed by atoms with Crippen LogP contribution in [0.2, 0.25) is 0 Å². The summed E-state index contributed by atoms with van der Waals surface area (Å²) >= 11 is 0. The van der Waals surface area contributed by atoms with Crippen LogP contribution in [0.15, 0.2) is 12.3 Å². The molecule has 0 saturated heterocycles. The van der Waals surface area contributed by atoms with E-state index in [9.17, 15) is 0 Å². The molecule has 0 fully saturated rings. The van der Waals surface area contributed by atoms with Crippen molar-refractivity contribution >= 4 is 5.82 Å². The van der Waals surface area contributed by atoms with Gasteiger partial charge in [-0.1, -0.05) is 0 Å². The summed E-state index contributed by atoms with van der Waals surface area (Å²) in [6.45, 7) is 2.98. The van der Waals surface area contributed by atoms with Crippen LogP contribution in [0.3, 0.4) is 0 Å². The zero-order valence-electron chi connectivity index (χ0n) is 5.76. The predicted octanol–water partition coefficient (Wildman–Crippen LogP) is 0.945. The highest BCUT2D eigenvalue weighted by atomic mass is 15.3. The van der Waals surface area contributed by atoms with Crippen LogP contribution in [0.4, 0.5) is 5.82 Å². The Kier molecular flexibility index (Phi) is 1.72. The lowest BCUT2D eigenvalue weighted by molar-refractivity contribution is 0.667. The normalized spacial score (nSPS) is 9.56. The summed E-state index contributed by atoms with van der Waals surface area (Å²) in [7, 11) is 1.89. The number of nitrogens with zero attached hydrogens (tertiary/aromatic N) is 2. The van der Waals surface area contributed by atoms with Crippen LogP contribution in [-0.4, -0.2) is 16.8 Å². The summed E-state index contributed by atoms with van der Waals surface area (Å²) in [5, 5.41) is 7.09. The Morgan fingerprint density at radius 3 is 3.00 bits per heavy atom. The molecule has 0 radical (unpaired) electrons. The van der Waals surface area contributed by atoms with Crippen molar-refractivity contribution in [1.82, 2.24) is 9.78 Å². The molecule has 0 aliphatic carbocycles. The molecule has 3 nitrogen and oxygen atoms in total. The monoisotopic (exact) mass is 125 g/mol. The maximum absolute atomic E-state index is 4.06. The molecule has 1 aromatic heterocycles. The number of aryl methyl sites for hydroxylation is 1. The maximum Gasteiger partial charge on any atom is 0.123 e. The van der Waals surface area contributed by atoms with E-state index in [2.05, 4.69) is 17.3 Å². The molecule has 0 aromatic carbocycles. The molecule has 3 heteroatoms. The molecule has 1 N–H and O–H groups in total. The Hall–Kier alpha value is -0.990. The molecule has 0 aliphatic rings. The van der Waals surface area contributed by atoms with Crippen molar-refractivity contribution in [3.63, 3.8) is 0 Å². The fraction of sp³-hybridized carbons (Fsp3) is 0.500. The fourth-order valence-corrected chi connectivity index (χ4v) is 0.797. The van der Waals surface area contributed by atoms with Gasteiger partial charge in [-0.3, -0.25) is 4.68 Å². The highest BCUT2D eigenvalue weighted by Gasteiger charge is 1.93. The first-order valence-electron chi connectivity index (χ1n) is 3.08. The maximum atomic E-state index is 4.06. The first kappa shape index (κ1) is 6.13. The molecule has 1 heterocycles. The molecule has 9 heavy (non-hydrogen) atoms. The van der Waals surface area contributed by atoms with Crippen LogP contribution in [-0.2, 0) is 6.54 Å². The number of hydrogen-bond donors (Lipinski definition) is 1. The van der Waals surface area contributed by atoms with Gasteiger partial charge in [-0.2, -0.15) is 5.10 Å². The quantitative estimate of drug-likeness (QED) is 0.637. The van der Waals surface area contributed by atoms with E-state index in [-0.39, 0.29) is 0 Å². The van der Waals surface area contributed by atoms with Gasteiger partial charge in [-0.15, -0.1) is 0 Å². The van der Waals surface area contributed by atoms with Crippen molar-refractivity contribution in [3.8, 4) is 0 Å². The zero-order valence-corrected chi connectivity index (χ0v) is 5.76. The van der Waals surface area contributed by atoms with Crippen molar-refractivity contribution in [2.75, 3.05) is 12.4 Å². The standard InChI is InChI=1S/C6H11N3/c1-3-9-6(7-2)4-5-8-9/h4-5,7H,3H2,1-2H3. The van der Waals surface area contributed by atoms with E-state index in [1.165, 1.54) is 0 Å². The summed E-state index contributed by atoms with van der Waals surface area (Å²) in [5.74, 6) is 1.07. The molecular weight excluding hydrogens is 114 g/mol. The minimum atomic E-state index is 0.920. The molecule has 0 atom stereocenters. The summed E-state index contributed by atoms with van der Waals surface area (Å²) < 4.78 is 1.90. The number of aromatic nitrogens is 2. The van der Waals surface area contributed by atoms with E-state index in [0.717, 1.165) is 12.4 Å². The molecule has 0 saturated carbocycles. The number of rotatable bonds is 2. The van der Waals surface area contributed by atoms with Crippen LogP contribution in [0.1, 0.15) is 6.92 Å². The molecule has 0 bridgehead atoms. The third-order valence-electron chi connectivity index (χ3n) is 1.27. The van der Waals surface area contributed by atoms with Gasteiger partial charge in [0, 0.05) is 19.7 Å². The lowest BCUT2D eigenvalue weighted by Gasteiger charge is -2.00. The van der Waals surface area contributed by atoms with Gasteiger partial charge in [0.1, 0.15) is 5.82 Å². The first-order chi connectivity index (χ1) is 4.38. The van der Waals surface area contributed by atoms with Crippen LogP contribution >= 0.6 is 0 Å². The van der Waals surface area contributed by atoms with E-state index in [1.54, 1.807) is 6.20 Å². The number of hydrogen-bond acceptors (Lipinski definition) is 2. The molecule has 0 unspecified atom stereocenters. The average molecular weight is 125 g/mol. The Morgan fingerprint density at radius 1 is 1.78 bits per heavy atom. The Balaban J connectivity index is 2.85. The van der Waals surface area contributed by atoms with E-state index in [1.807, 2.05) is 17.8 Å². The van der Waals surface area contributed by atoms with E-state index >= 15 is 0 Å². The van der Waals surface area contributed by atoms with Gasteiger partial charge in [0.2, 0.25) is 0 Å². The summed E-state index contributed by atoms with van der Waals surface area (Å²) in [5.41, 5.74) is 0. The average Bonchev–Trinajstić information content (AvgIpc) is 2.33. The SMILES string of the molecule is CCn1nccc1NC. The van der Waals surface area contributed by atoms with Crippen LogP contribution < -0.4 is 5.32 Å². The topological polar surface area (TPSA) is 29.9 Å². The minimum absolute atomic E-state index is 0.920. The molecule has 1 aromatic rings. The highest BCUT2D eigenvalue weighted by Crippen LogP contribution is 2.02. The second kappa shape index (κ2) is 2.53. The van der Waals surface area contributed by atoms with E-state index < -0.39 is 0 Å². The van der Waals surface area contributed by atoms with Gasteiger partial charge in [0.25, 0.3) is 0 Å². The Morgan fingerprint density at radius 2 is 2.56 bits per heavy atom. The molecular formula is C6H11N3.